The van der Waals surface area contributed by atoms with Gasteiger partial charge in [-0.15, -0.1) is 0 Å². The minimum absolute atomic E-state index is 0.00115. The highest BCUT2D eigenvalue weighted by atomic mass is 35.5. The summed E-state index contributed by atoms with van der Waals surface area (Å²) in [4.78, 5) is 25.3. The van der Waals surface area contributed by atoms with E-state index in [1.54, 1.807) is 42.5 Å². The second-order valence-corrected chi connectivity index (χ2v) is 8.83. The van der Waals surface area contributed by atoms with Gasteiger partial charge in [0.1, 0.15) is 12.4 Å². The Morgan fingerprint density at radius 3 is 1.91 bits per heavy atom. The normalized spacial score (nSPS) is 10.7. The molecular formula is C28H37ClO5. The van der Waals surface area contributed by atoms with Gasteiger partial charge in [-0.2, -0.15) is 0 Å². The number of hydrogen-bond donors (Lipinski definition) is 0. The van der Waals surface area contributed by atoms with Gasteiger partial charge in [0.2, 0.25) is 0 Å². The fourth-order valence-corrected chi connectivity index (χ4v) is 3.89. The van der Waals surface area contributed by atoms with E-state index in [9.17, 15) is 9.59 Å². The average molecular weight is 489 g/mol. The molecule has 0 bridgehead atoms. The van der Waals surface area contributed by atoms with E-state index in [4.69, 9.17) is 25.8 Å². The molecule has 6 heteroatoms. The first-order chi connectivity index (χ1) is 16.6. The SMILES string of the molecule is CCCCCCCCCCCCOC(=O)c1ccccc1C(=O)OCc1ccc(Cl)cc1OC. The average Bonchev–Trinajstić information content (AvgIpc) is 2.86. The van der Waals surface area contributed by atoms with Crippen molar-refractivity contribution in [2.45, 2.75) is 77.7 Å². The lowest BCUT2D eigenvalue weighted by molar-refractivity contribution is 0.0434. The van der Waals surface area contributed by atoms with Gasteiger partial charge in [0.15, 0.2) is 0 Å². The predicted octanol–water partition coefficient (Wildman–Crippen LogP) is 7.78. The summed E-state index contributed by atoms with van der Waals surface area (Å²) in [6.07, 6.45) is 12.1. The number of unbranched alkanes of at least 4 members (excludes halogenated alkanes) is 9. The number of rotatable bonds is 16. The van der Waals surface area contributed by atoms with Gasteiger partial charge >= 0.3 is 11.9 Å². The zero-order valence-electron chi connectivity index (χ0n) is 20.4. The molecule has 0 aliphatic heterocycles. The molecule has 34 heavy (non-hydrogen) atoms. The van der Waals surface area contributed by atoms with Gasteiger partial charge < -0.3 is 14.2 Å². The fraction of sp³-hybridized carbons (Fsp3) is 0.500. The number of carbonyl (C=O) groups excluding carboxylic acids is 2. The van der Waals surface area contributed by atoms with E-state index >= 15 is 0 Å². The number of halogens is 1. The molecule has 186 valence electrons. The third-order valence-electron chi connectivity index (χ3n) is 5.71. The van der Waals surface area contributed by atoms with Crippen LogP contribution >= 0.6 is 11.6 Å². The van der Waals surface area contributed by atoms with E-state index in [0.717, 1.165) is 19.3 Å². The van der Waals surface area contributed by atoms with Crippen molar-refractivity contribution in [1.82, 2.24) is 0 Å². The van der Waals surface area contributed by atoms with Crippen molar-refractivity contribution in [3.8, 4) is 5.75 Å². The molecular weight excluding hydrogens is 452 g/mol. The lowest BCUT2D eigenvalue weighted by Crippen LogP contribution is -2.14. The molecule has 0 atom stereocenters. The van der Waals surface area contributed by atoms with Crippen molar-refractivity contribution in [2.75, 3.05) is 13.7 Å². The Bertz CT molecular complexity index is 896. The van der Waals surface area contributed by atoms with Gasteiger partial charge in [-0.1, -0.05) is 94.5 Å². The molecule has 0 saturated heterocycles. The minimum Gasteiger partial charge on any atom is -0.496 e. The number of carbonyl (C=O) groups is 2. The maximum absolute atomic E-state index is 12.7. The molecule has 2 rings (SSSR count). The maximum Gasteiger partial charge on any atom is 0.339 e. The molecule has 5 nitrogen and oxygen atoms in total. The third kappa shape index (κ3) is 9.76. The van der Waals surface area contributed by atoms with Crippen LogP contribution in [0.3, 0.4) is 0 Å². The van der Waals surface area contributed by atoms with Crippen molar-refractivity contribution in [3.63, 3.8) is 0 Å². The van der Waals surface area contributed by atoms with Crippen LogP contribution < -0.4 is 4.74 Å². The number of ether oxygens (including phenoxy) is 3. The number of esters is 2. The third-order valence-corrected chi connectivity index (χ3v) is 5.94. The molecule has 0 aromatic heterocycles. The molecule has 0 unspecified atom stereocenters. The molecule has 0 aliphatic carbocycles. The monoisotopic (exact) mass is 488 g/mol. The smallest absolute Gasteiger partial charge is 0.339 e. The first-order valence-corrected chi connectivity index (χ1v) is 12.7. The molecule has 0 aliphatic rings. The van der Waals surface area contributed by atoms with Crippen molar-refractivity contribution < 1.29 is 23.8 Å². The van der Waals surface area contributed by atoms with Crippen molar-refractivity contribution in [1.29, 1.82) is 0 Å². The highest BCUT2D eigenvalue weighted by molar-refractivity contribution is 6.30. The second kappa shape index (κ2) is 16.2. The summed E-state index contributed by atoms with van der Waals surface area (Å²) in [5, 5.41) is 0.530. The molecule has 0 amide bonds. The van der Waals surface area contributed by atoms with Gasteiger partial charge in [0.25, 0.3) is 0 Å². The topological polar surface area (TPSA) is 61.8 Å². The van der Waals surface area contributed by atoms with Crippen LogP contribution in [-0.2, 0) is 16.1 Å². The summed E-state index contributed by atoms with van der Waals surface area (Å²) in [7, 11) is 1.52. The molecule has 0 spiro atoms. The summed E-state index contributed by atoms with van der Waals surface area (Å²) < 4.78 is 16.1. The Kier molecular flexibility index (Phi) is 13.2. The summed E-state index contributed by atoms with van der Waals surface area (Å²) in [5.41, 5.74) is 1.08. The van der Waals surface area contributed by atoms with E-state index in [2.05, 4.69) is 6.92 Å². The largest absolute Gasteiger partial charge is 0.496 e. The maximum atomic E-state index is 12.7. The summed E-state index contributed by atoms with van der Waals surface area (Å²) in [5.74, 6) is -0.569. The van der Waals surface area contributed by atoms with Gasteiger partial charge in [-0.05, 0) is 30.7 Å². The Labute approximate surface area is 208 Å². The first-order valence-electron chi connectivity index (χ1n) is 12.3. The molecule has 0 fully saturated rings. The molecule has 2 aromatic rings. The van der Waals surface area contributed by atoms with Crippen LogP contribution in [0, 0.1) is 0 Å². The van der Waals surface area contributed by atoms with Crippen molar-refractivity contribution in [3.05, 3.63) is 64.2 Å². The van der Waals surface area contributed by atoms with Crippen LogP contribution in [0.2, 0.25) is 5.02 Å². The lowest BCUT2D eigenvalue weighted by Gasteiger charge is -2.12. The van der Waals surface area contributed by atoms with Gasteiger partial charge in [0, 0.05) is 10.6 Å². The van der Waals surface area contributed by atoms with Crippen LogP contribution in [0.4, 0.5) is 0 Å². The van der Waals surface area contributed by atoms with Gasteiger partial charge in [-0.25, -0.2) is 9.59 Å². The van der Waals surface area contributed by atoms with Gasteiger partial charge in [0.05, 0.1) is 24.8 Å². The highest BCUT2D eigenvalue weighted by Gasteiger charge is 2.19. The van der Waals surface area contributed by atoms with E-state index in [1.807, 2.05) is 0 Å². The van der Waals surface area contributed by atoms with Crippen molar-refractivity contribution in [2.24, 2.45) is 0 Å². The quantitative estimate of drug-likeness (QED) is 0.178. The first kappa shape index (κ1) is 27.7. The Hall–Kier alpha value is -2.53. The van der Waals surface area contributed by atoms with Crippen LogP contribution in [0.1, 0.15) is 97.4 Å². The summed E-state index contributed by atoms with van der Waals surface area (Å²) >= 11 is 5.98. The van der Waals surface area contributed by atoms with Crippen LogP contribution in [0.5, 0.6) is 5.75 Å². The highest BCUT2D eigenvalue weighted by Crippen LogP contribution is 2.24. The summed E-state index contributed by atoms with van der Waals surface area (Å²) in [6, 6.07) is 11.6. The zero-order chi connectivity index (χ0) is 24.6. The molecule has 0 radical (unpaired) electrons. The fourth-order valence-electron chi connectivity index (χ4n) is 3.73. The number of hydrogen-bond acceptors (Lipinski definition) is 5. The Morgan fingerprint density at radius 2 is 1.32 bits per heavy atom. The molecule has 0 saturated carbocycles. The number of benzene rings is 2. The molecule has 0 N–H and O–H groups in total. The number of methoxy groups -OCH3 is 1. The van der Waals surface area contributed by atoms with Crippen molar-refractivity contribution >= 4 is 23.5 Å². The molecule has 0 heterocycles. The van der Waals surface area contributed by atoms with Crippen LogP contribution in [0.25, 0.3) is 0 Å². The Balaban J connectivity index is 1.75. The van der Waals surface area contributed by atoms with Crippen LogP contribution in [0.15, 0.2) is 42.5 Å². The summed E-state index contributed by atoms with van der Waals surface area (Å²) in [6.45, 7) is 2.58. The van der Waals surface area contributed by atoms with Crippen LogP contribution in [-0.4, -0.2) is 25.7 Å². The predicted molar refractivity (Wildman–Crippen MR) is 136 cm³/mol. The van der Waals surface area contributed by atoms with E-state index < -0.39 is 11.9 Å². The minimum atomic E-state index is -0.594. The van der Waals surface area contributed by atoms with E-state index in [1.165, 1.54) is 52.1 Å². The zero-order valence-corrected chi connectivity index (χ0v) is 21.2. The lowest BCUT2D eigenvalue weighted by atomic mass is 10.1. The second-order valence-electron chi connectivity index (χ2n) is 8.40. The standard InChI is InChI=1S/C28H37ClO5/c1-3-4-5-6-7-8-9-10-11-14-19-33-27(30)24-15-12-13-16-25(24)28(31)34-21-22-17-18-23(29)20-26(22)32-2/h12-13,15-18,20H,3-11,14,19,21H2,1-2H3. The van der Waals surface area contributed by atoms with E-state index in [0.29, 0.717) is 22.9 Å². The van der Waals surface area contributed by atoms with E-state index in [-0.39, 0.29) is 17.7 Å². The molecule has 2 aromatic carbocycles. The van der Waals surface area contributed by atoms with Gasteiger partial charge in [-0.3, -0.25) is 0 Å². The Morgan fingerprint density at radius 1 is 0.765 bits per heavy atom.